The number of nitriles is 1. The van der Waals surface area contributed by atoms with E-state index < -0.39 is 11.3 Å². The van der Waals surface area contributed by atoms with Crippen LogP contribution >= 0.6 is 11.3 Å². The molecule has 0 spiro atoms. The van der Waals surface area contributed by atoms with E-state index in [2.05, 4.69) is 31.7 Å². The first kappa shape index (κ1) is 25.6. The maximum atomic E-state index is 13.0. The molecule has 3 heterocycles. The number of amides is 2. The van der Waals surface area contributed by atoms with Crippen LogP contribution in [0.5, 0.6) is 11.6 Å². The molecule has 0 fully saturated rings. The van der Waals surface area contributed by atoms with Crippen LogP contribution in [0.3, 0.4) is 0 Å². The zero-order chi connectivity index (χ0) is 27.6. The molecule has 5 rings (SSSR count). The van der Waals surface area contributed by atoms with E-state index in [0.717, 1.165) is 11.1 Å². The quantitative estimate of drug-likeness (QED) is 0.254. The van der Waals surface area contributed by atoms with Gasteiger partial charge >= 0.3 is 0 Å². The summed E-state index contributed by atoms with van der Waals surface area (Å²) in [6.45, 7) is 5.50. The zero-order valence-electron chi connectivity index (χ0n) is 21.2. The second-order valence-corrected chi connectivity index (χ2v) is 10.1. The van der Waals surface area contributed by atoms with Crippen molar-refractivity contribution in [3.05, 3.63) is 89.6 Å². The highest BCUT2D eigenvalue weighted by Crippen LogP contribution is 2.30. The van der Waals surface area contributed by atoms with Crippen LogP contribution < -0.4 is 15.4 Å². The maximum Gasteiger partial charge on any atom is 0.279 e. The third-order valence-electron chi connectivity index (χ3n) is 5.92. The van der Waals surface area contributed by atoms with E-state index in [1.165, 1.54) is 24.0 Å². The molecule has 0 bridgehead atoms. The first-order valence-corrected chi connectivity index (χ1v) is 12.6. The van der Waals surface area contributed by atoms with Crippen LogP contribution in [-0.2, 0) is 5.41 Å². The minimum absolute atomic E-state index is 0.146. The van der Waals surface area contributed by atoms with Crippen molar-refractivity contribution in [3.63, 3.8) is 0 Å². The van der Waals surface area contributed by atoms with E-state index in [1.54, 1.807) is 42.5 Å². The molecule has 39 heavy (non-hydrogen) atoms. The second-order valence-electron chi connectivity index (χ2n) is 9.17. The number of pyridine rings is 1. The molecule has 5 aromatic rings. The van der Waals surface area contributed by atoms with Crippen LogP contribution in [0.1, 0.15) is 45.8 Å². The fourth-order valence-corrected chi connectivity index (χ4v) is 4.45. The Morgan fingerprint density at radius 3 is 2.67 bits per heavy atom. The summed E-state index contributed by atoms with van der Waals surface area (Å²) in [7, 11) is 0. The van der Waals surface area contributed by atoms with Crippen LogP contribution in [0.15, 0.2) is 71.7 Å². The van der Waals surface area contributed by atoms with Gasteiger partial charge in [0.25, 0.3) is 11.8 Å². The molecule has 2 aromatic carbocycles. The van der Waals surface area contributed by atoms with Crippen LogP contribution in [0.2, 0.25) is 0 Å². The Bertz CT molecular complexity index is 1740. The van der Waals surface area contributed by atoms with Gasteiger partial charge in [-0.3, -0.25) is 14.9 Å². The first-order valence-electron chi connectivity index (χ1n) is 11.8. The van der Waals surface area contributed by atoms with Crippen molar-refractivity contribution >= 4 is 44.3 Å². The highest BCUT2D eigenvalue weighted by molar-refractivity contribution is 7.22. The number of benzene rings is 2. The molecule has 0 atom stereocenters. The number of aromatic nitrogens is 3. The Labute approximate surface area is 227 Å². The van der Waals surface area contributed by atoms with E-state index in [9.17, 15) is 14.9 Å². The van der Waals surface area contributed by atoms with Gasteiger partial charge in [0.2, 0.25) is 5.88 Å². The van der Waals surface area contributed by atoms with Gasteiger partial charge in [-0.05, 0) is 56.2 Å². The van der Waals surface area contributed by atoms with E-state index >= 15 is 0 Å². The number of carbonyl (C=O) groups excluding carboxylic acids is 2. The average Bonchev–Trinajstić information content (AvgIpc) is 3.60. The lowest BCUT2D eigenvalue weighted by atomic mass is 9.85. The zero-order valence-corrected chi connectivity index (χ0v) is 22.0. The van der Waals surface area contributed by atoms with Crippen molar-refractivity contribution in [2.24, 2.45) is 0 Å². The average molecular weight is 539 g/mol. The van der Waals surface area contributed by atoms with Gasteiger partial charge in [-0.25, -0.2) is 15.0 Å². The van der Waals surface area contributed by atoms with Crippen LogP contribution in [0, 0.1) is 18.3 Å². The number of ether oxygens (including phenoxy) is 1. The van der Waals surface area contributed by atoms with Crippen molar-refractivity contribution in [1.82, 2.24) is 15.0 Å². The molecule has 194 valence electrons. The van der Waals surface area contributed by atoms with E-state index in [-0.39, 0.29) is 11.6 Å². The number of nitrogens with zero attached hydrogens (tertiary/aromatic N) is 4. The van der Waals surface area contributed by atoms with Gasteiger partial charge in [0.15, 0.2) is 17.2 Å². The molecule has 2 N–H and O–H groups in total. The fourth-order valence-electron chi connectivity index (χ4n) is 3.62. The molecule has 0 radical (unpaired) electrons. The molecular weight excluding hydrogens is 516 g/mol. The lowest BCUT2D eigenvalue weighted by Gasteiger charge is -2.17. The fraction of sp³-hybridized carbons (Fsp3) is 0.143. The molecule has 2 amide bonds. The summed E-state index contributed by atoms with van der Waals surface area (Å²) < 4.78 is 10.8. The van der Waals surface area contributed by atoms with Crippen molar-refractivity contribution < 1.29 is 18.7 Å². The Hall–Kier alpha value is -5.08. The largest absolute Gasteiger partial charge is 0.451 e. The third-order valence-corrected chi connectivity index (χ3v) is 6.80. The number of hydrogen-bond acceptors (Lipinski definition) is 9. The van der Waals surface area contributed by atoms with E-state index in [1.807, 2.05) is 32.9 Å². The first-order chi connectivity index (χ1) is 18.7. The monoisotopic (exact) mass is 538 g/mol. The van der Waals surface area contributed by atoms with Crippen molar-refractivity contribution in [1.29, 1.82) is 5.26 Å². The molecular formula is C28H22N6O4S. The number of nitrogens with one attached hydrogen (secondary N) is 2. The molecule has 0 aliphatic carbocycles. The Morgan fingerprint density at radius 1 is 1.05 bits per heavy atom. The number of fused-ring (bicyclic) bond motifs is 1. The summed E-state index contributed by atoms with van der Waals surface area (Å²) in [5.74, 6) is 0.0727. The van der Waals surface area contributed by atoms with Gasteiger partial charge < -0.3 is 14.5 Å². The molecule has 0 unspecified atom stereocenters. The van der Waals surface area contributed by atoms with Gasteiger partial charge in [-0.2, -0.15) is 5.26 Å². The lowest BCUT2D eigenvalue weighted by Crippen LogP contribution is -2.17. The van der Waals surface area contributed by atoms with Gasteiger partial charge in [0.1, 0.15) is 22.4 Å². The molecule has 0 saturated carbocycles. The summed E-state index contributed by atoms with van der Waals surface area (Å²) >= 11 is 1.19. The maximum absolute atomic E-state index is 13.0. The van der Waals surface area contributed by atoms with Gasteiger partial charge in [0.05, 0.1) is 11.5 Å². The Morgan fingerprint density at radius 2 is 1.90 bits per heavy atom. The van der Waals surface area contributed by atoms with Crippen LogP contribution in [0.25, 0.3) is 10.3 Å². The number of oxazole rings is 1. The topological polar surface area (TPSA) is 143 Å². The number of rotatable bonds is 7. The summed E-state index contributed by atoms with van der Waals surface area (Å²) in [4.78, 5) is 38.5. The number of hydrogen-bond donors (Lipinski definition) is 2. The summed E-state index contributed by atoms with van der Waals surface area (Å²) in [5.41, 5.74) is 2.67. The SMILES string of the molecule is Cc1ccc(Oc2ccc3nc(NC(=O)c4cocn4)sc3n2)cc1NC(=O)c1cccc(C(C)(C)C#N)c1. The lowest BCUT2D eigenvalue weighted by molar-refractivity contribution is 0.101. The highest BCUT2D eigenvalue weighted by atomic mass is 32.1. The second kappa shape index (κ2) is 10.4. The summed E-state index contributed by atoms with van der Waals surface area (Å²) in [6.07, 6.45) is 2.42. The van der Waals surface area contributed by atoms with Crippen molar-refractivity contribution in [2.45, 2.75) is 26.2 Å². The minimum atomic E-state index is -0.713. The smallest absolute Gasteiger partial charge is 0.279 e. The van der Waals surface area contributed by atoms with E-state index in [0.29, 0.717) is 38.4 Å². The molecule has 10 nitrogen and oxygen atoms in total. The van der Waals surface area contributed by atoms with Gasteiger partial charge in [-0.15, -0.1) is 0 Å². The summed E-state index contributed by atoms with van der Waals surface area (Å²) in [5, 5.41) is 15.4. The predicted octanol–water partition coefficient (Wildman–Crippen LogP) is 6.09. The van der Waals surface area contributed by atoms with Crippen molar-refractivity contribution in [2.75, 3.05) is 10.6 Å². The number of thiazole rings is 1. The molecule has 3 aromatic heterocycles. The van der Waals surface area contributed by atoms with Gasteiger partial charge in [0, 0.05) is 23.4 Å². The number of anilines is 2. The van der Waals surface area contributed by atoms with Crippen LogP contribution in [-0.4, -0.2) is 26.8 Å². The van der Waals surface area contributed by atoms with E-state index in [4.69, 9.17) is 9.15 Å². The number of carbonyl (C=O) groups is 2. The summed E-state index contributed by atoms with van der Waals surface area (Å²) in [6, 6.07) is 18.0. The normalized spacial score (nSPS) is 11.1. The predicted molar refractivity (Wildman–Crippen MR) is 146 cm³/mol. The standard InChI is InChI=1S/C28H22N6O4S/c1-16-7-8-19(12-21(16)31-24(35)17-5-4-6-18(11-17)28(2,3)14-29)38-23-10-9-20-26(33-23)39-27(32-20)34-25(36)22-13-37-15-30-22/h4-13,15H,1-3H3,(H,31,35)(H,32,34,36). The van der Waals surface area contributed by atoms with Crippen molar-refractivity contribution in [3.8, 4) is 17.7 Å². The third kappa shape index (κ3) is 5.61. The Kier molecular flexibility index (Phi) is 6.79. The van der Waals surface area contributed by atoms with Gasteiger partial charge in [-0.1, -0.05) is 29.5 Å². The molecule has 0 aliphatic rings. The van der Waals surface area contributed by atoms with Crippen LogP contribution in [0.4, 0.5) is 10.8 Å². The molecule has 0 aliphatic heterocycles. The minimum Gasteiger partial charge on any atom is -0.451 e. The molecule has 0 saturated heterocycles. The number of aryl methyl sites for hydroxylation is 1. The highest BCUT2D eigenvalue weighted by Gasteiger charge is 2.21. The Balaban J connectivity index is 1.31. The molecule has 11 heteroatoms.